The molecule has 1 rings (SSSR count). The molecule has 0 aliphatic rings. The Morgan fingerprint density at radius 2 is 2.36 bits per heavy atom. The maximum absolute atomic E-state index is 11.1. The van der Waals surface area contributed by atoms with Crippen LogP contribution in [-0.2, 0) is 23.2 Å². The fraction of sp³-hybridized carbons (Fsp3) is 0.400. The molecule has 0 unspecified atom stereocenters. The molecule has 4 heteroatoms. The second-order valence-corrected chi connectivity index (χ2v) is 3.23. The van der Waals surface area contributed by atoms with E-state index in [0.29, 0.717) is 5.57 Å². The largest absolute Gasteiger partial charge is 0.454 e. The fourth-order valence-corrected chi connectivity index (χ4v) is 0.932. The number of hydrogen-bond acceptors (Lipinski definition) is 3. The molecule has 0 aliphatic heterocycles. The van der Waals surface area contributed by atoms with E-state index in [9.17, 15) is 4.79 Å². The Balaban J connectivity index is 2.58. The van der Waals surface area contributed by atoms with E-state index in [1.165, 1.54) is 0 Å². The van der Waals surface area contributed by atoms with Crippen molar-refractivity contribution in [3.05, 3.63) is 29.9 Å². The van der Waals surface area contributed by atoms with Gasteiger partial charge in [-0.3, -0.25) is 0 Å². The number of rotatable bonds is 3. The quantitative estimate of drug-likeness (QED) is 0.539. The second-order valence-electron chi connectivity index (χ2n) is 3.23. The van der Waals surface area contributed by atoms with E-state index in [4.69, 9.17) is 4.74 Å². The molecule has 76 valence electrons. The molecule has 0 spiro atoms. The minimum absolute atomic E-state index is 0.191. The number of ether oxygens (including phenoxy) is 1. The second kappa shape index (κ2) is 4.09. The summed E-state index contributed by atoms with van der Waals surface area (Å²) in [5.74, 6) is 0.350. The summed E-state index contributed by atoms with van der Waals surface area (Å²) in [5.41, 5.74) is 1.43. The molecule has 1 aromatic rings. The van der Waals surface area contributed by atoms with Gasteiger partial charge in [0.25, 0.3) is 0 Å². The van der Waals surface area contributed by atoms with Gasteiger partial charge in [-0.15, -0.1) is 0 Å². The highest BCUT2D eigenvalue weighted by Crippen LogP contribution is 2.04. The monoisotopic (exact) mass is 194 g/mol. The van der Waals surface area contributed by atoms with Crippen molar-refractivity contribution in [2.45, 2.75) is 20.5 Å². The number of imidazole rings is 1. The van der Waals surface area contributed by atoms with E-state index in [1.807, 2.05) is 18.5 Å². The summed E-state index contributed by atoms with van der Waals surface area (Å²) in [6.07, 6.45) is 1.74. The first kappa shape index (κ1) is 10.5. The van der Waals surface area contributed by atoms with E-state index in [1.54, 1.807) is 13.1 Å². The Morgan fingerprint density at radius 1 is 1.71 bits per heavy atom. The van der Waals surface area contributed by atoms with Crippen LogP contribution >= 0.6 is 0 Å². The Labute approximate surface area is 83.2 Å². The van der Waals surface area contributed by atoms with Crippen molar-refractivity contribution >= 4 is 5.97 Å². The predicted octanol–water partition coefficient (Wildman–Crippen LogP) is 1.35. The average Bonchev–Trinajstić information content (AvgIpc) is 2.44. The minimum Gasteiger partial charge on any atom is -0.454 e. The zero-order chi connectivity index (χ0) is 10.7. The summed E-state index contributed by atoms with van der Waals surface area (Å²) < 4.78 is 6.84. The molecule has 0 amide bonds. The van der Waals surface area contributed by atoms with Crippen LogP contribution in [0, 0.1) is 6.92 Å². The number of hydrogen-bond donors (Lipinski definition) is 0. The Bertz CT molecular complexity index is 366. The SMILES string of the molecule is C=C(C)C(=O)OCc1ncc(C)n1C. The topological polar surface area (TPSA) is 44.1 Å². The van der Waals surface area contributed by atoms with E-state index in [0.717, 1.165) is 11.5 Å². The van der Waals surface area contributed by atoms with Gasteiger partial charge >= 0.3 is 5.97 Å². The van der Waals surface area contributed by atoms with Crippen LogP contribution < -0.4 is 0 Å². The Hall–Kier alpha value is -1.58. The van der Waals surface area contributed by atoms with Gasteiger partial charge in [0.15, 0.2) is 0 Å². The lowest BCUT2D eigenvalue weighted by molar-refractivity contribution is -0.140. The summed E-state index contributed by atoms with van der Waals surface area (Å²) >= 11 is 0. The van der Waals surface area contributed by atoms with Gasteiger partial charge in [0, 0.05) is 24.5 Å². The van der Waals surface area contributed by atoms with Gasteiger partial charge in [0.05, 0.1) is 0 Å². The van der Waals surface area contributed by atoms with Crippen LogP contribution in [0.5, 0.6) is 0 Å². The lowest BCUT2D eigenvalue weighted by Crippen LogP contribution is -2.08. The smallest absolute Gasteiger partial charge is 0.333 e. The Kier molecular flexibility index (Phi) is 3.06. The molecule has 0 aliphatic carbocycles. The number of nitrogens with zero attached hydrogens (tertiary/aromatic N) is 2. The summed E-state index contributed by atoms with van der Waals surface area (Å²) in [7, 11) is 1.88. The zero-order valence-corrected chi connectivity index (χ0v) is 8.70. The summed E-state index contributed by atoms with van der Waals surface area (Å²) in [6.45, 7) is 7.24. The Morgan fingerprint density at radius 3 is 2.79 bits per heavy atom. The van der Waals surface area contributed by atoms with Crippen molar-refractivity contribution < 1.29 is 9.53 Å². The maximum Gasteiger partial charge on any atom is 0.333 e. The van der Waals surface area contributed by atoms with Crippen LogP contribution in [0.25, 0.3) is 0 Å². The van der Waals surface area contributed by atoms with Gasteiger partial charge in [-0.25, -0.2) is 9.78 Å². The highest BCUT2D eigenvalue weighted by atomic mass is 16.5. The van der Waals surface area contributed by atoms with Crippen LogP contribution in [0.3, 0.4) is 0 Å². The molecule has 0 aromatic carbocycles. The lowest BCUT2D eigenvalue weighted by atomic mass is 10.4. The van der Waals surface area contributed by atoms with Crippen LogP contribution in [-0.4, -0.2) is 15.5 Å². The molecule has 0 saturated carbocycles. The van der Waals surface area contributed by atoms with E-state index >= 15 is 0 Å². The lowest BCUT2D eigenvalue weighted by Gasteiger charge is -2.04. The highest BCUT2D eigenvalue weighted by Gasteiger charge is 2.07. The van der Waals surface area contributed by atoms with Crippen molar-refractivity contribution in [3.8, 4) is 0 Å². The van der Waals surface area contributed by atoms with E-state index in [2.05, 4.69) is 11.6 Å². The predicted molar refractivity (Wildman–Crippen MR) is 52.6 cm³/mol. The van der Waals surface area contributed by atoms with E-state index < -0.39 is 0 Å². The first-order valence-electron chi connectivity index (χ1n) is 4.32. The molecule has 0 N–H and O–H groups in total. The van der Waals surface area contributed by atoms with Crippen molar-refractivity contribution in [1.29, 1.82) is 0 Å². The molecule has 0 bridgehead atoms. The van der Waals surface area contributed by atoms with Crippen molar-refractivity contribution in [3.63, 3.8) is 0 Å². The molecule has 1 aromatic heterocycles. The number of carbonyl (C=O) groups is 1. The van der Waals surface area contributed by atoms with Crippen LogP contribution in [0.2, 0.25) is 0 Å². The van der Waals surface area contributed by atoms with Crippen LogP contribution in [0.4, 0.5) is 0 Å². The average molecular weight is 194 g/mol. The third-order valence-corrected chi connectivity index (χ3v) is 2.00. The highest BCUT2D eigenvalue weighted by molar-refractivity contribution is 5.86. The van der Waals surface area contributed by atoms with Gasteiger partial charge in [-0.1, -0.05) is 6.58 Å². The standard InChI is InChI=1S/C10H14N2O2/c1-7(2)10(13)14-6-9-11-5-8(3)12(9)4/h5H,1,6H2,2-4H3. The summed E-state index contributed by atoms with van der Waals surface area (Å²) in [5, 5.41) is 0. The normalized spacial score (nSPS) is 9.93. The summed E-state index contributed by atoms with van der Waals surface area (Å²) in [4.78, 5) is 15.2. The maximum atomic E-state index is 11.1. The third kappa shape index (κ3) is 2.22. The number of aromatic nitrogens is 2. The first-order chi connectivity index (χ1) is 6.52. The third-order valence-electron chi connectivity index (χ3n) is 2.00. The zero-order valence-electron chi connectivity index (χ0n) is 8.70. The van der Waals surface area contributed by atoms with Crippen LogP contribution in [0.15, 0.2) is 18.3 Å². The van der Waals surface area contributed by atoms with Crippen molar-refractivity contribution in [2.75, 3.05) is 0 Å². The van der Waals surface area contributed by atoms with Gasteiger partial charge in [-0.05, 0) is 13.8 Å². The van der Waals surface area contributed by atoms with Gasteiger partial charge < -0.3 is 9.30 Å². The van der Waals surface area contributed by atoms with Crippen molar-refractivity contribution in [2.24, 2.45) is 7.05 Å². The molecule has 0 atom stereocenters. The summed E-state index contributed by atoms with van der Waals surface area (Å²) in [6, 6.07) is 0. The van der Waals surface area contributed by atoms with Gasteiger partial charge in [0.1, 0.15) is 12.4 Å². The number of esters is 1. The van der Waals surface area contributed by atoms with Crippen LogP contribution in [0.1, 0.15) is 18.4 Å². The minimum atomic E-state index is -0.384. The first-order valence-corrected chi connectivity index (χ1v) is 4.32. The van der Waals surface area contributed by atoms with Gasteiger partial charge in [0.2, 0.25) is 0 Å². The molecule has 0 saturated heterocycles. The van der Waals surface area contributed by atoms with E-state index in [-0.39, 0.29) is 12.6 Å². The fourth-order valence-electron chi connectivity index (χ4n) is 0.932. The van der Waals surface area contributed by atoms with Crippen molar-refractivity contribution in [1.82, 2.24) is 9.55 Å². The molecular formula is C10H14N2O2. The molecule has 0 fully saturated rings. The molecule has 14 heavy (non-hydrogen) atoms. The molecule has 1 heterocycles. The molecule has 0 radical (unpaired) electrons. The van der Waals surface area contributed by atoms with Gasteiger partial charge in [-0.2, -0.15) is 0 Å². The molecular weight excluding hydrogens is 180 g/mol. The number of aryl methyl sites for hydroxylation is 1. The molecule has 4 nitrogen and oxygen atoms in total. The number of carbonyl (C=O) groups excluding carboxylic acids is 1.